The summed E-state index contributed by atoms with van der Waals surface area (Å²) in [6.45, 7) is 4.87. The number of hydrogen-bond acceptors (Lipinski definition) is 3. The molecule has 0 saturated heterocycles. The number of amides is 3. The van der Waals surface area contributed by atoms with E-state index in [0.717, 1.165) is 12.8 Å². The fourth-order valence-corrected chi connectivity index (χ4v) is 2.91. The molecule has 0 aromatic carbocycles. The molecule has 0 bridgehead atoms. The van der Waals surface area contributed by atoms with Gasteiger partial charge in [0.2, 0.25) is 5.91 Å². The first-order valence-corrected chi connectivity index (χ1v) is 8.75. The zero-order chi connectivity index (χ0) is 17.1. The van der Waals surface area contributed by atoms with Crippen LogP contribution in [0.15, 0.2) is 0 Å². The van der Waals surface area contributed by atoms with E-state index in [1.165, 1.54) is 19.3 Å². The third kappa shape index (κ3) is 7.87. The summed E-state index contributed by atoms with van der Waals surface area (Å²) < 4.78 is 0. The Morgan fingerprint density at radius 2 is 1.96 bits per heavy atom. The van der Waals surface area contributed by atoms with E-state index in [1.54, 1.807) is 4.90 Å². The van der Waals surface area contributed by atoms with E-state index in [1.807, 2.05) is 13.8 Å². The van der Waals surface area contributed by atoms with Crippen molar-refractivity contribution in [1.82, 2.24) is 15.5 Å². The Kier molecular flexibility index (Phi) is 9.11. The number of hydrogen-bond donors (Lipinski definition) is 2. The monoisotopic (exact) mass is 322 g/mol. The summed E-state index contributed by atoms with van der Waals surface area (Å²) in [5.74, 6) is 0.0461. The van der Waals surface area contributed by atoms with Gasteiger partial charge in [0.25, 0.3) is 0 Å². The van der Waals surface area contributed by atoms with Crippen molar-refractivity contribution in [1.29, 1.82) is 5.26 Å². The molecule has 1 fully saturated rings. The van der Waals surface area contributed by atoms with Gasteiger partial charge in [0.1, 0.15) is 0 Å². The summed E-state index contributed by atoms with van der Waals surface area (Å²) in [6, 6.07) is 2.33. The van der Waals surface area contributed by atoms with Crippen molar-refractivity contribution in [2.45, 2.75) is 77.3 Å². The van der Waals surface area contributed by atoms with E-state index >= 15 is 0 Å². The van der Waals surface area contributed by atoms with Gasteiger partial charge in [-0.1, -0.05) is 19.3 Å². The first-order chi connectivity index (χ1) is 11.0. The average molecular weight is 322 g/mol. The van der Waals surface area contributed by atoms with Crippen molar-refractivity contribution >= 4 is 11.9 Å². The first-order valence-electron chi connectivity index (χ1n) is 8.75. The minimum Gasteiger partial charge on any atom is -0.339 e. The van der Waals surface area contributed by atoms with Crippen LogP contribution in [-0.2, 0) is 4.79 Å². The third-order valence-corrected chi connectivity index (χ3v) is 4.20. The molecule has 0 unspecified atom stereocenters. The maximum atomic E-state index is 12.1. The van der Waals surface area contributed by atoms with E-state index < -0.39 is 0 Å². The van der Waals surface area contributed by atoms with Crippen LogP contribution < -0.4 is 10.6 Å². The number of nitrogens with zero attached hydrogens (tertiary/aromatic N) is 2. The lowest BCUT2D eigenvalue weighted by Gasteiger charge is -2.26. The van der Waals surface area contributed by atoms with Crippen LogP contribution in [0, 0.1) is 11.3 Å². The quantitative estimate of drug-likeness (QED) is 0.673. The maximum Gasteiger partial charge on any atom is 0.315 e. The molecular formula is C17H30N4O2. The lowest BCUT2D eigenvalue weighted by molar-refractivity contribution is -0.132. The highest BCUT2D eigenvalue weighted by Crippen LogP contribution is 2.17. The van der Waals surface area contributed by atoms with Gasteiger partial charge in [-0.2, -0.15) is 5.26 Å². The van der Waals surface area contributed by atoms with Crippen LogP contribution in [0.5, 0.6) is 0 Å². The molecule has 6 heteroatoms. The molecule has 6 nitrogen and oxygen atoms in total. The number of urea groups is 1. The summed E-state index contributed by atoms with van der Waals surface area (Å²) in [5.41, 5.74) is 0. The van der Waals surface area contributed by atoms with Crippen LogP contribution in [0.2, 0.25) is 0 Å². The molecule has 2 N–H and O–H groups in total. The van der Waals surface area contributed by atoms with Gasteiger partial charge in [0.05, 0.1) is 12.5 Å². The zero-order valence-electron chi connectivity index (χ0n) is 14.4. The molecule has 3 amide bonds. The lowest BCUT2D eigenvalue weighted by atomic mass is 9.96. The minimum absolute atomic E-state index is 0.0461. The first kappa shape index (κ1) is 19.3. The van der Waals surface area contributed by atoms with Crippen LogP contribution in [0.1, 0.15) is 65.2 Å². The van der Waals surface area contributed by atoms with Gasteiger partial charge in [-0.15, -0.1) is 0 Å². The largest absolute Gasteiger partial charge is 0.339 e. The highest BCUT2D eigenvalue weighted by atomic mass is 16.2. The van der Waals surface area contributed by atoms with E-state index in [-0.39, 0.29) is 18.0 Å². The van der Waals surface area contributed by atoms with E-state index in [0.29, 0.717) is 38.4 Å². The van der Waals surface area contributed by atoms with Crippen molar-refractivity contribution in [3.63, 3.8) is 0 Å². The number of nitriles is 1. The number of nitrogens with one attached hydrogen (secondary N) is 2. The van der Waals surface area contributed by atoms with Crippen molar-refractivity contribution in [3.05, 3.63) is 0 Å². The number of carbonyl (C=O) groups excluding carboxylic acids is 2. The summed E-state index contributed by atoms with van der Waals surface area (Å²) in [5, 5.41) is 14.5. The lowest BCUT2D eigenvalue weighted by Crippen LogP contribution is -2.43. The Hall–Kier alpha value is -1.77. The molecule has 1 aliphatic rings. The number of carbonyl (C=O) groups is 2. The van der Waals surface area contributed by atoms with Crippen molar-refractivity contribution in [3.8, 4) is 6.07 Å². The molecule has 1 rings (SSSR count). The van der Waals surface area contributed by atoms with Crippen LogP contribution >= 0.6 is 0 Å². The SMILES string of the molecule is CC(C)N(CCC#N)C(=O)CCCNC(=O)NC1CCCCC1. The summed E-state index contributed by atoms with van der Waals surface area (Å²) >= 11 is 0. The Labute approximate surface area is 139 Å². The van der Waals surface area contributed by atoms with Crippen LogP contribution in [0.4, 0.5) is 4.79 Å². The van der Waals surface area contributed by atoms with Crippen LogP contribution in [-0.4, -0.2) is 42.0 Å². The zero-order valence-corrected chi connectivity index (χ0v) is 14.4. The molecule has 0 spiro atoms. The van der Waals surface area contributed by atoms with Crippen molar-refractivity contribution in [2.75, 3.05) is 13.1 Å². The Morgan fingerprint density at radius 1 is 1.26 bits per heavy atom. The standard InChI is InChI=1S/C17H30N4O2/c1-14(2)21(13-7-11-18)16(22)10-6-12-19-17(23)20-15-8-4-3-5-9-15/h14-15H,3-10,12-13H2,1-2H3,(H2,19,20,23). The summed E-state index contributed by atoms with van der Waals surface area (Å²) in [4.78, 5) is 25.7. The van der Waals surface area contributed by atoms with Gasteiger partial charge in [-0.05, 0) is 33.1 Å². The predicted octanol–water partition coefficient (Wildman–Crippen LogP) is 2.55. The highest BCUT2D eigenvalue weighted by molar-refractivity contribution is 5.77. The Morgan fingerprint density at radius 3 is 2.57 bits per heavy atom. The molecule has 130 valence electrons. The van der Waals surface area contributed by atoms with E-state index in [2.05, 4.69) is 16.7 Å². The summed E-state index contributed by atoms with van der Waals surface area (Å²) in [7, 11) is 0. The predicted molar refractivity (Wildman–Crippen MR) is 89.7 cm³/mol. The Balaban J connectivity index is 2.18. The van der Waals surface area contributed by atoms with Gasteiger partial charge in [0, 0.05) is 31.6 Å². The molecular weight excluding hydrogens is 292 g/mol. The molecule has 0 radical (unpaired) electrons. The topological polar surface area (TPSA) is 85.2 Å². The van der Waals surface area contributed by atoms with Gasteiger partial charge in [-0.25, -0.2) is 4.79 Å². The second-order valence-corrected chi connectivity index (χ2v) is 6.43. The van der Waals surface area contributed by atoms with Gasteiger partial charge in [0.15, 0.2) is 0 Å². The minimum atomic E-state index is -0.130. The number of rotatable bonds is 8. The fourth-order valence-electron chi connectivity index (χ4n) is 2.91. The molecule has 0 atom stereocenters. The maximum absolute atomic E-state index is 12.1. The second kappa shape index (κ2) is 10.9. The highest BCUT2D eigenvalue weighted by Gasteiger charge is 2.17. The van der Waals surface area contributed by atoms with Crippen molar-refractivity contribution in [2.24, 2.45) is 0 Å². The molecule has 23 heavy (non-hydrogen) atoms. The van der Waals surface area contributed by atoms with Gasteiger partial charge >= 0.3 is 6.03 Å². The third-order valence-electron chi connectivity index (χ3n) is 4.20. The molecule has 0 aromatic rings. The second-order valence-electron chi connectivity index (χ2n) is 6.43. The van der Waals surface area contributed by atoms with E-state index in [4.69, 9.17) is 5.26 Å². The fraction of sp³-hybridized carbons (Fsp3) is 0.824. The normalized spacial score (nSPS) is 15.0. The summed E-state index contributed by atoms with van der Waals surface area (Å²) in [6.07, 6.45) is 7.13. The van der Waals surface area contributed by atoms with Gasteiger partial charge < -0.3 is 15.5 Å². The van der Waals surface area contributed by atoms with Crippen LogP contribution in [0.3, 0.4) is 0 Å². The average Bonchev–Trinajstić information content (AvgIpc) is 2.52. The van der Waals surface area contributed by atoms with E-state index in [9.17, 15) is 9.59 Å². The molecule has 1 saturated carbocycles. The molecule has 0 heterocycles. The molecule has 0 aliphatic heterocycles. The smallest absolute Gasteiger partial charge is 0.315 e. The molecule has 0 aromatic heterocycles. The van der Waals surface area contributed by atoms with Crippen molar-refractivity contribution < 1.29 is 9.59 Å². The van der Waals surface area contributed by atoms with Gasteiger partial charge in [-0.3, -0.25) is 4.79 Å². The molecule has 1 aliphatic carbocycles. The Bertz CT molecular complexity index is 411. The van der Waals surface area contributed by atoms with Crippen LogP contribution in [0.25, 0.3) is 0 Å².